The molecule has 0 atom stereocenters. The number of fused-ring (bicyclic) bond motifs is 1. The van der Waals surface area contributed by atoms with E-state index < -0.39 is 0 Å². The van der Waals surface area contributed by atoms with Crippen LogP contribution in [0.15, 0.2) is 59.4 Å². The number of hydrogen-bond acceptors (Lipinski definition) is 4. The van der Waals surface area contributed by atoms with E-state index in [0.29, 0.717) is 28.2 Å². The summed E-state index contributed by atoms with van der Waals surface area (Å²) in [5, 5.41) is 14.6. The molecule has 164 valence electrons. The Bertz CT molecular complexity index is 1130. The lowest BCUT2D eigenvalue weighted by Crippen LogP contribution is -2.18. The third kappa shape index (κ3) is 6.66. The first-order valence-corrected chi connectivity index (χ1v) is 10.3. The van der Waals surface area contributed by atoms with E-state index in [9.17, 15) is 9.59 Å². The van der Waals surface area contributed by atoms with Crippen molar-refractivity contribution in [2.24, 2.45) is 0 Å². The van der Waals surface area contributed by atoms with E-state index in [1.54, 1.807) is 18.2 Å². The van der Waals surface area contributed by atoms with E-state index in [1.807, 2.05) is 31.2 Å². The van der Waals surface area contributed by atoms with Gasteiger partial charge in [-0.25, -0.2) is 5.10 Å². The molecule has 0 saturated carbocycles. The monoisotopic (exact) mass is 460 g/mol. The Morgan fingerprint density at radius 3 is 2.65 bits per heavy atom. The van der Waals surface area contributed by atoms with Crippen molar-refractivity contribution < 1.29 is 4.79 Å². The number of nitrogens with one attached hydrogen (secondary N) is 3. The first-order valence-electron chi connectivity index (χ1n) is 9.88. The number of benzene rings is 2. The molecule has 0 aliphatic rings. The van der Waals surface area contributed by atoms with Gasteiger partial charge in [-0.05, 0) is 44.5 Å². The summed E-state index contributed by atoms with van der Waals surface area (Å²) in [6.07, 6.45) is 2.09. The first kappa shape index (κ1) is 24.6. The molecule has 0 spiro atoms. The molecule has 3 N–H and O–H groups in total. The number of halogens is 2. The minimum absolute atomic E-state index is 0. The molecule has 3 aromatic rings. The van der Waals surface area contributed by atoms with Crippen molar-refractivity contribution >= 4 is 46.4 Å². The van der Waals surface area contributed by atoms with Crippen LogP contribution in [0, 0.1) is 0 Å². The molecule has 0 bridgehead atoms. The minimum Gasteiger partial charge on any atom is -0.325 e. The number of aromatic amines is 1. The molecule has 0 fully saturated rings. The maximum atomic E-state index is 12.3. The van der Waals surface area contributed by atoms with E-state index in [2.05, 4.69) is 27.4 Å². The molecule has 0 aliphatic carbocycles. The van der Waals surface area contributed by atoms with Gasteiger partial charge < -0.3 is 10.6 Å². The van der Waals surface area contributed by atoms with Crippen molar-refractivity contribution in [1.82, 2.24) is 15.5 Å². The van der Waals surface area contributed by atoms with Gasteiger partial charge in [-0.15, -0.1) is 12.4 Å². The summed E-state index contributed by atoms with van der Waals surface area (Å²) in [5.74, 6) is -0.0896. The molecule has 1 heterocycles. The number of rotatable bonds is 9. The van der Waals surface area contributed by atoms with E-state index in [1.165, 1.54) is 0 Å². The fraction of sp³-hybridized carbons (Fsp3) is 0.261. The fourth-order valence-corrected chi connectivity index (χ4v) is 3.32. The summed E-state index contributed by atoms with van der Waals surface area (Å²) in [7, 11) is 0. The number of carbonyl (C=O) groups excluding carboxylic acids is 1. The van der Waals surface area contributed by atoms with Gasteiger partial charge in [0, 0.05) is 23.9 Å². The molecule has 2 aromatic carbocycles. The van der Waals surface area contributed by atoms with Crippen molar-refractivity contribution in [2.45, 2.75) is 26.2 Å². The zero-order chi connectivity index (χ0) is 21.5. The van der Waals surface area contributed by atoms with Gasteiger partial charge in [-0.2, -0.15) is 5.10 Å². The van der Waals surface area contributed by atoms with Crippen LogP contribution in [0.4, 0.5) is 5.69 Å². The Labute approximate surface area is 192 Å². The molecular weight excluding hydrogens is 435 g/mol. The lowest BCUT2D eigenvalue weighted by molar-refractivity contribution is -0.116. The van der Waals surface area contributed by atoms with Crippen LogP contribution in [-0.4, -0.2) is 29.2 Å². The highest BCUT2D eigenvalue weighted by atomic mass is 35.5. The molecule has 0 radical (unpaired) electrons. The van der Waals surface area contributed by atoms with E-state index in [0.717, 1.165) is 42.5 Å². The average Bonchev–Trinajstić information content (AvgIpc) is 2.73. The molecule has 31 heavy (non-hydrogen) atoms. The van der Waals surface area contributed by atoms with Gasteiger partial charge in [-0.3, -0.25) is 9.59 Å². The lowest BCUT2D eigenvalue weighted by atomic mass is 10.0. The number of aromatic nitrogens is 2. The largest absolute Gasteiger partial charge is 0.325 e. The molecule has 6 nitrogen and oxygen atoms in total. The number of nitrogens with zero attached hydrogens (tertiary/aromatic N) is 1. The number of unbranched alkanes of at least 4 members (excludes halogenated alkanes) is 1. The molecule has 0 saturated heterocycles. The molecule has 3 rings (SSSR count). The number of anilines is 1. The third-order valence-corrected chi connectivity index (χ3v) is 4.97. The number of carbonyl (C=O) groups is 1. The van der Waals surface area contributed by atoms with Crippen molar-refractivity contribution in [2.75, 3.05) is 18.4 Å². The number of hydrogen-bond donors (Lipinski definition) is 3. The third-order valence-electron chi connectivity index (χ3n) is 4.64. The highest BCUT2D eigenvalue weighted by molar-refractivity contribution is 6.33. The maximum absolute atomic E-state index is 12.3. The summed E-state index contributed by atoms with van der Waals surface area (Å²) < 4.78 is 0. The quantitative estimate of drug-likeness (QED) is 0.311. The van der Waals surface area contributed by atoms with Gasteiger partial charge in [0.2, 0.25) is 5.91 Å². The topological polar surface area (TPSA) is 86.9 Å². The second-order valence-corrected chi connectivity index (χ2v) is 7.69. The first-order chi connectivity index (χ1) is 14.5. The number of H-pyrrole nitrogens is 1. The van der Waals surface area contributed by atoms with Gasteiger partial charge in [0.25, 0.3) is 5.56 Å². The van der Waals surface area contributed by atoms with Crippen LogP contribution in [0.2, 0.25) is 5.02 Å². The van der Waals surface area contributed by atoms with Crippen molar-refractivity contribution in [3.63, 3.8) is 0 Å². The molecule has 8 heteroatoms. The standard InChI is InChI=1S/C23H25ClN4O2.ClH/c1-15(2)14-25-12-6-5-9-21(29)26-20-13-16(10-11-19(20)24)22-17-7-3-4-8-18(17)23(30)28-27-22;/h3-4,7-8,10-11,13,25H,1,5-6,9,12,14H2,2H3,(H,26,29)(H,28,30);1H. The SMILES string of the molecule is C=C(C)CNCCCCC(=O)Nc1cc(-c2n[nH]c(=O)c3ccccc23)ccc1Cl.Cl. The molecule has 1 aromatic heterocycles. The lowest BCUT2D eigenvalue weighted by Gasteiger charge is -2.11. The van der Waals surface area contributed by atoms with E-state index >= 15 is 0 Å². The predicted molar refractivity (Wildman–Crippen MR) is 130 cm³/mol. The highest BCUT2D eigenvalue weighted by Crippen LogP contribution is 2.30. The normalized spacial score (nSPS) is 10.5. The molecule has 1 amide bonds. The van der Waals surface area contributed by atoms with Crippen LogP contribution in [0.3, 0.4) is 0 Å². The Morgan fingerprint density at radius 1 is 1.16 bits per heavy atom. The Hall–Kier alpha value is -2.67. The fourth-order valence-electron chi connectivity index (χ4n) is 3.15. The van der Waals surface area contributed by atoms with Gasteiger partial charge in [-0.1, -0.05) is 48.0 Å². The second kappa shape index (κ2) is 11.6. The molecule has 0 aliphatic heterocycles. The van der Waals surface area contributed by atoms with E-state index in [-0.39, 0.29) is 23.9 Å². The zero-order valence-electron chi connectivity index (χ0n) is 17.3. The summed E-state index contributed by atoms with van der Waals surface area (Å²) in [6.45, 7) is 7.46. The van der Waals surface area contributed by atoms with Crippen LogP contribution in [-0.2, 0) is 4.79 Å². The van der Waals surface area contributed by atoms with Crippen LogP contribution in [0.1, 0.15) is 26.2 Å². The average molecular weight is 461 g/mol. The Balaban J connectivity index is 0.00000341. The zero-order valence-corrected chi connectivity index (χ0v) is 18.9. The predicted octanol–water partition coefficient (Wildman–Crippen LogP) is 4.94. The second-order valence-electron chi connectivity index (χ2n) is 7.28. The summed E-state index contributed by atoms with van der Waals surface area (Å²) in [4.78, 5) is 24.4. The number of amides is 1. The molecule has 0 unspecified atom stereocenters. The van der Waals surface area contributed by atoms with Crippen LogP contribution in [0.25, 0.3) is 22.0 Å². The van der Waals surface area contributed by atoms with Gasteiger partial charge in [0.1, 0.15) is 0 Å². The summed E-state index contributed by atoms with van der Waals surface area (Å²) >= 11 is 6.29. The maximum Gasteiger partial charge on any atom is 0.272 e. The summed E-state index contributed by atoms with van der Waals surface area (Å²) in [6, 6.07) is 12.6. The molecular formula is C23H26Cl2N4O2. The minimum atomic E-state index is -0.241. The van der Waals surface area contributed by atoms with Crippen molar-refractivity contribution in [3.8, 4) is 11.3 Å². The Morgan fingerprint density at radius 2 is 1.90 bits per heavy atom. The highest BCUT2D eigenvalue weighted by Gasteiger charge is 2.12. The Kier molecular flexibility index (Phi) is 9.24. The van der Waals surface area contributed by atoms with Crippen molar-refractivity contribution in [1.29, 1.82) is 0 Å². The van der Waals surface area contributed by atoms with Gasteiger partial charge >= 0.3 is 0 Å². The van der Waals surface area contributed by atoms with Crippen LogP contribution >= 0.6 is 24.0 Å². The summed E-state index contributed by atoms with van der Waals surface area (Å²) in [5.41, 5.74) is 2.75. The van der Waals surface area contributed by atoms with Gasteiger partial charge in [0.05, 0.1) is 21.8 Å². The van der Waals surface area contributed by atoms with E-state index in [4.69, 9.17) is 11.6 Å². The smallest absolute Gasteiger partial charge is 0.272 e. The van der Waals surface area contributed by atoms with Crippen LogP contribution < -0.4 is 16.2 Å². The van der Waals surface area contributed by atoms with Crippen LogP contribution in [0.5, 0.6) is 0 Å². The van der Waals surface area contributed by atoms with Crippen molar-refractivity contribution in [3.05, 3.63) is 70.0 Å². The van der Waals surface area contributed by atoms with Gasteiger partial charge in [0.15, 0.2) is 0 Å².